The van der Waals surface area contributed by atoms with Crippen molar-refractivity contribution in [2.75, 3.05) is 20.6 Å². The lowest BCUT2D eigenvalue weighted by Crippen LogP contribution is -2.40. The summed E-state index contributed by atoms with van der Waals surface area (Å²) < 4.78 is 0. The van der Waals surface area contributed by atoms with Crippen LogP contribution in [0.5, 0.6) is 5.75 Å². The predicted octanol–water partition coefficient (Wildman–Crippen LogP) is 3.88. The Morgan fingerprint density at radius 3 is 2.38 bits per heavy atom. The van der Waals surface area contributed by atoms with Gasteiger partial charge in [-0.3, -0.25) is 0 Å². The molecular weight excluding hydrogens is 298 g/mol. The molecule has 2 unspecified atom stereocenters. The molecule has 0 aliphatic heterocycles. The van der Waals surface area contributed by atoms with Gasteiger partial charge < -0.3 is 15.1 Å². The van der Waals surface area contributed by atoms with Gasteiger partial charge in [0.25, 0.3) is 0 Å². The second-order valence-electron chi connectivity index (χ2n) is 6.72. The van der Waals surface area contributed by atoms with Crippen molar-refractivity contribution in [3.63, 3.8) is 0 Å². The van der Waals surface area contributed by atoms with Crippen molar-refractivity contribution in [1.82, 2.24) is 4.90 Å². The van der Waals surface area contributed by atoms with Gasteiger partial charge in [0, 0.05) is 12.5 Å². The minimum atomic E-state index is -1.15. The number of phenolic OH excluding ortho intramolecular Hbond substituents is 1. The molecule has 0 fully saturated rings. The lowest BCUT2D eigenvalue weighted by atomic mass is 9.76. The monoisotopic (exact) mass is 325 g/mol. The Morgan fingerprint density at radius 2 is 1.79 bits per heavy atom. The normalized spacial score (nSPS) is 16.0. The molecule has 0 heterocycles. The van der Waals surface area contributed by atoms with Crippen LogP contribution in [0.3, 0.4) is 0 Å². The summed E-state index contributed by atoms with van der Waals surface area (Å²) in [5.74, 6) is 0.116. The van der Waals surface area contributed by atoms with E-state index in [0.717, 1.165) is 17.7 Å². The van der Waals surface area contributed by atoms with E-state index in [4.69, 9.17) is 0 Å². The summed E-state index contributed by atoms with van der Waals surface area (Å²) in [6, 6.07) is 16.9. The lowest BCUT2D eigenvalue weighted by molar-refractivity contribution is 0.0103. The number of phenols is 1. The molecule has 0 amide bonds. The van der Waals surface area contributed by atoms with Crippen LogP contribution in [0, 0.1) is 5.92 Å². The van der Waals surface area contributed by atoms with Gasteiger partial charge in [-0.25, -0.2) is 0 Å². The van der Waals surface area contributed by atoms with Crippen LogP contribution in [0.15, 0.2) is 60.2 Å². The Labute approximate surface area is 144 Å². The van der Waals surface area contributed by atoms with Crippen molar-refractivity contribution in [1.29, 1.82) is 0 Å². The van der Waals surface area contributed by atoms with Crippen LogP contribution in [0.1, 0.15) is 25.0 Å². The minimum Gasteiger partial charge on any atom is -0.508 e. The maximum absolute atomic E-state index is 11.6. The van der Waals surface area contributed by atoms with E-state index in [1.165, 1.54) is 0 Å². The van der Waals surface area contributed by atoms with E-state index in [-0.39, 0.29) is 11.7 Å². The topological polar surface area (TPSA) is 43.7 Å². The molecule has 0 aliphatic rings. The summed E-state index contributed by atoms with van der Waals surface area (Å²) in [6.07, 6.45) is 2.01. The van der Waals surface area contributed by atoms with Gasteiger partial charge >= 0.3 is 0 Å². The average molecular weight is 325 g/mol. The molecule has 2 atom stereocenters. The molecule has 2 aromatic carbocycles. The van der Waals surface area contributed by atoms with Gasteiger partial charge in [-0.05, 0) is 49.9 Å². The number of benzene rings is 2. The molecule has 2 aromatic rings. The van der Waals surface area contributed by atoms with Crippen LogP contribution in [-0.2, 0) is 5.60 Å². The largest absolute Gasteiger partial charge is 0.508 e. The predicted molar refractivity (Wildman–Crippen MR) is 99.8 cm³/mol. The van der Waals surface area contributed by atoms with Gasteiger partial charge in [-0.2, -0.15) is 0 Å². The highest BCUT2D eigenvalue weighted by molar-refractivity contribution is 5.56. The van der Waals surface area contributed by atoms with Crippen molar-refractivity contribution in [3.05, 3.63) is 71.3 Å². The number of aliphatic hydroxyl groups is 1. The number of rotatable bonds is 6. The highest BCUT2D eigenvalue weighted by Crippen LogP contribution is 2.39. The second-order valence-corrected chi connectivity index (χ2v) is 6.72. The maximum Gasteiger partial charge on any atom is 0.115 e. The first kappa shape index (κ1) is 18.2. The Hall–Kier alpha value is -2.10. The molecule has 0 saturated heterocycles. The summed E-state index contributed by atoms with van der Waals surface area (Å²) >= 11 is 0. The van der Waals surface area contributed by atoms with Crippen molar-refractivity contribution in [2.24, 2.45) is 5.92 Å². The van der Waals surface area contributed by atoms with Gasteiger partial charge in [-0.1, -0.05) is 55.5 Å². The van der Waals surface area contributed by atoms with E-state index in [2.05, 4.69) is 4.90 Å². The fourth-order valence-electron chi connectivity index (χ4n) is 3.23. The van der Waals surface area contributed by atoms with Crippen molar-refractivity contribution < 1.29 is 10.2 Å². The van der Waals surface area contributed by atoms with Gasteiger partial charge in [0.1, 0.15) is 11.4 Å². The Kier molecular flexibility index (Phi) is 5.81. The molecule has 2 rings (SSSR count). The summed E-state index contributed by atoms with van der Waals surface area (Å²) in [7, 11) is 3.99. The second kappa shape index (κ2) is 7.65. The minimum absolute atomic E-state index is 0.0470. The third-order valence-electron chi connectivity index (χ3n) is 4.42. The molecule has 3 nitrogen and oxygen atoms in total. The van der Waals surface area contributed by atoms with Crippen LogP contribution >= 0.6 is 0 Å². The Morgan fingerprint density at radius 1 is 1.12 bits per heavy atom. The maximum atomic E-state index is 11.6. The third-order valence-corrected chi connectivity index (χ3v) is 4.42. The first-order chi connectivity index (χ1) is 11.3. The Bertz CT molecular complexity index is 694. The van der Waals surface area contributed by atoms with E-state index in [1.54, 1.807) is 18.2 Å². The quantitative estimate of drug-likeness (QED) is 0.847. The zero-order valence-electron chi connectivity index (χ0n) is 14.9. The van der Waals surface area contributed by atoms with E-state index in [9.17, 15) is 10.2 Å². The van der Waals surface area contributed by atoms with E-state index < -0.39 is 5.60 Å². The van der Waals surface area contributed by atoms with Crippen LogP contribution in [0.4, 0.5) is 0 Å². The Balaban J connectivity index is 2.52. The van der Waals surface area contributed by atoms with Crippen LogP contribution in [0.25, 0.3) is 6.08 Å². The van der Waals surface area contributed by atoms with Crippen LogP contribution < -0.4 is 0 Å². The zero-order valence-corrected chi connectivity index (χ0v) is 14.9. The summed E-state index contributed by atoms with van der Waals surface area (Å²) in [5, 5.41) is 21.5. The molecule has 128 valence electrons. The van der Waals surface area contributed by atoms with Crippen molar-refractivity contribution in [2.45, 2.75) is 19.4 Å². The smallest absolute Gasteiger partial charge is 0.115 e. The first-order valence-electron chi connectivity index (χ1n) is 8.24. The highest BCUT2D eigenvalue weighted by atomic mass is 16.3. The number of hydrogen-bond acceptors (Lipinski definition) is 3. The zero-order chi connectivity index (χ0) is 17.7. The molecule has 0 saturated carbocycles. The third kappa shape index (κ3) is 4.05. The van der Waals surface area contributed by atoms with Crippen LogP contribution in [0.2, 0.25) is 0 Å². The van der Waals surface area contributed by atoms with E-state index in [0.29, 0.717) is 5.56 Å². The molecule has 3 heteroatoms. The summed E-state index contributed by atoms with van der Waals surface area (Å²) in [5.41, 5.74) is 1.46. The van der Waals surface area contributed by atoms with Gasteiger partial charge in [0.05, 0.1) is 0 Å². The molecule has 0 radical (unpaired) electrons. The van der Waals surface area contributed by atoms with Gasteiger partial charge in [-0.15, -0.1) is 0 Å². The number of nitrogens with zero attached hydrogens (tertiary/aromatic N) is 1. The number of aromatic hydroxyl groups is 1. The summed E-state index contributed by atoms with van der Waals surface area (Å²) in [6.45, 7) is 4.71. The molecular formula is C21H27NO2. The molecule has 2 N–H and O–H groups in total. The first-order valence-corrected chi connectivity index (χ1v) is 8.24. The van der Waals surface area contributed by atoms with Crippen molar-refractivity contribution >= 4 is 6.08 Å². The summed E-state index contributed by atoms with van der Waals surface area (Å²) in [4.78, 5) is 2.06. The fourth-order valence-corrected chi connectivity index (χ4v) is 3.23. The van der Waals surface area contributed by atoms with Gasteiger partial charge in [0.15, 0.2) is 0 Å². The standard InChI is InChI=1S/C21H27NO2/c1-16(13-18-9-6-5-7-10-18)21(24,17(2)15-22(3)4)19-11-8-12-20(23)14-19/h5-14,17,23-24H,15H2,1-4H3/b16-13+. The van der Waals surface area contributed by atoms with E-state index in [1.807, 2.05) is 70.4 Å². The number of hydrogen-bond donors (Lipinski definition) is 2. The SMILES string of the molecule is C/C(=C\c1ccccc1)C(O)(c1cccc(O)c1)C(C)CN(C)C. The molecule has 0 aromatic heterocycles. The molecule has 0 bridgehead atoms. The fraction of sp³-hybridized carbons (Fsp3) is 0.333. The lowest BCUT2D eigenvalue weighted by Gasteiger charge is -2.37. The molecule has 0 aliphatic carbocycles. The average Bonchev–Trinajstić information content (AvgIpc) is 2.54. The van der Waals surface area contributed by atoms with Crippen molar-refractivity contribution in [3.8, 4) is 5.75 Å². The van der Waals surface area contributed by atoms with Crippen LogP contribution in [-0.4, -0.2) is 35.8 Å². The van der Waals surface area contributed by atoms with E-state index >= 15 is 0 Å². The molecule has 24 heavy (non-hydrogen) atoms. The highest BCUT2D eigenvalue weighted by Gasteiger charge is 2.37. The molecule has 0 spiro atoms. The van der Waals surface area contributed by atoms with Gasteiger partial charge in [0.2, 0.25) is 0 Å².